The largest absolute Gasteiger partial charge is 0.306 e. The SMILES string of the molecule is O=c1[nH]c(-c2ccncc2)nc2c1CN(Cc1ccc(-c3ccccc3F)s1)CC2. The number of halogens is 1. The van der Waals surface area contributed by atoms with Crippen molar-refractivity contribution in [2.75, 3.05) is 6.54 Å². The molecule has 3 aromatic heterocycles. The molecule has 30 heavy (non-hydrogen) atoms. The number of H-pyrrole nitrogens is 1. The predicted molar refractivity (Wildman–Crippen MR) is 116 cm³/mol. The van der Waals surface area contributed by atoms with E-state index in [4.69, 9.17) is 4.98 Å². The number of hydrogen-bond donors (Lipinski definition) is 1. The van der Waals surface area contributed by atoms with Gasteiger partial charge in [0.15, 0.2) is 0 Å². The summed E-state index contributed by atoms with van der Waals surface area (Å²) in [6, 6.07) is 14.5. The Kier molecular flexibility index (Phi) is 4.98. The summed E-state index contributed by atoms with van der Waals surface area (Å²) < 4.78 is 14.1. The zero-order chi connectivity index (χ0) is 20.5. The molecule has 150 valence electrons. The Morgan fingerprint density at radius 2 is 1.93 bits per heavy atom. The van der Waals surface area contributed by atoms with Crippen LogP contribution in [-0.4, -0.2) is 26.4 Å². The second kappa shape index (κ2) is 7.93. The molecule has 0 saturated carbocycles. The molecular weight excluding hydrogens is 399 g/mol. The number of benzene rings is 1. The number of aromatic amines is 1. The number of aromatic nitrogens is 3. The van der Waals surface area contributed by atoms with E-state index >= 15 is 0 Å². The van der Waals surface area contributed by atoms with Gasteiger partial charge in [-0.3, -0.25) is 14.7 Å². The van der Waals surface area contributed by atoms with Gasteiger partial charge in [0, 0.05) is 59.3 Å². The fourth-order valence-electron chi connectivity index (χ4n) is 3.75. The van der Waals surface area contributed by atoms with Gasteiger partial charge in [-0.25, -0.2) is 9.37 Å². The molecule has 5 nitrogen and oxygen atoms in total. The van der Waals surface area contributed by atoms with Gasteiger partial charge in [-0.05, 0) is 30.3 Å². The third kappa shape index (κ3) is 3.69. The van der Waals surface area contributed by atoms with Crippen LogP contribution < -0.4 is 5.56 Å². The average Bonchev–Trinajstić information content (AvgIpc) is 3.23. The minimum atomic E-state index is -0.208. The highest BCUT2D eigenvalue weighted by Crippen LogP contribution is 2.31. The van der Waals surface area contributed by atoms with Gasteiger partial charge >= 0.3 is 0 Å². The quantitative estimate of drug-likeness (QED) is 0.538. The van der Waals surface area contributed by atoms with Gasteiger partial charge in [-0.2, -0.15) is 0 Å². The van der Waals surface area contributed by atoms with Crippen LogP contribution >= 0.6 is 11.3 Å². The second-order valence-electron chi connectivity index (χ2n) is 7.28. The van der Waals surface area contributed by atoms with Crippen molar-refractivity contribution < 1.29 is 4.39 Å². The van der Waals surface area contributed by atoms with Crippen molar-refractivity contribution in [2.24, 2.45) is 0 Å². The molecule has 0 saturated heterocycles. The van der Waals surface area contributed by atoms with E-state index in [2.05, 4.69) is 14.9 Å². The molecule has 0 spiro atoms. The van der Waals surface area contributed by atoms with Crippen molar-refractivity contribution >= 4 is 11.3 Å². The van der Waals surface area contributed by atoms with Crippen molar-refractivity contribution in [1.82, 2.24) is 19.9 Å². The van der Waals surface area contributed by atoms with E-state index in [9.17, 15) is 9.18 Å². The lowest BCUT2D eigenvalue weighted by atomic mass is 10.1. The normalized spacial score (nSPS) is 13.9. The lowest BCUT2D eigenvalue weighted by Crippen LogP contribution is -2.35. The minimum Gasteiger partial charge on any atom is -0.306 e. The Balaban J connectivity index is 1.34. The van der Waals surface area contributed by atoms with Crippen LogP contribution in [0.3, 0.4) is 0 Å². The van der Waals surface area contributed by atoms with Crippen molar-refractivity contribution in [3.8, 4) is 21.8 Å². The highest BCUT2D eigenvalue weighted by atomic mass is 32.1. The molecule has 0 fully saturated rings. The van der Waals surface area contributed by atoms with E-state index < -0.39 is 0 Å². The van der Waals surface area contributed by atoms with Gasteiger partial charge < -0.3 is 4.98 Å². The molecular formula is C23H19FN4OS. The van der Waals surface area contributed by atoms with Crippen molar-refractivity contribution in [3.05, 3.63) is 93.2 Å². The standard InChI is InChI=1S/C23H19FN4OS/c24-19-4-2-1-3-17(19)21-6-5-16(30-21)13-28-12-9-20-18(14-28)23(29)27-22(26-20)15-7-10-25-11-8-15/h1-8,10-11H,9,12-14H2,(H,26,27,29). The maximum absolute atomic E-state index is 14.1. The van der Waals surface area contributed by atoms with E-state index in [1.807, 2.05) is 30.3 Å². The highest BCUT2D eigenvalue weighted by Gasteiger charge is 2.22. The molecule has 1 aliphatic rings. The molecule has 7 heteroatoms. The van der Waals surface area contributed by atoms with Gasteiger partial charge in [0.25, 0.3) is 5.56 Å². The van der Waals surface area contributed by atoms with Crippen LogP contribution in [0.1, 0.15) is 16.1 Å². The van der Waals surface area contributed by atoms with E-state index in [0.29, 0.717) is 17.9 Å². The molecule has 4 heterocycles. The molecule has 0 radical (unpaired) electrons. The first-order chi connectivity index (χ1) is 14.7. The molecule has 1 N–H and O–H groups in total. The van der Waals surface area contributed by atoms with E-state index in [1.165, 1.54) is 6.07 Å². The average molecular weight is 418 g/mol. The number of hydrogen-bond acceptors (Lipinski definition) is 5. The molecule has 0 atom stereocenters. The summed E-state index contributed by atoms with van der Waals surface area (Å²) in [6.07, 6.45) is 4.10. The van der Waals surface area contributed by atoms with Crippen molar-refractivity contribution in [3.63, 3.8) is 0 Å². The monoisotopic (exact) mass is 418 g/mol. The van der Waals surface area contributed by atoms with E-state index in [-0.39, 0.29) is 11.4 Å². The predicted octanol–water partition coefficient (Wildman–Crippen LogP) is 4.26. The van der Waals surface area contributed by atoms with Crippen LogP contribution in [0.5, 0.6) is 0 Å². The van der Waals surface area contributed by atoms with Gasteiger partial charge in [-0.15, -0.1) is 11.3 Å². The van der Waals surface area contributed by atoms with E-state index in [1.54, 1.807) is 35.9 Å². The number of rotatable bonds is 4. The number of nitrogens with one attached hydrogen (secondary N) is 1. The summed E-state index contributed by atoms with van der Waals surface area (Å²) in [5.74, 6) is 0.378. The minimum absolute atomic E-state index is 0.0882. The summed E-state index contributed by atoms with van der Waals surface area (Å²) in [5.41, 5.74) is 2.98. The van der Waals surface area contributed by atoms with Crippen LogP contribution in [-0.2, 0) is 19.5 Å². The third-order valence-corrected chi connectivity index (χ3v) is 6.39. The molecule has 0 bridgehead atoms. The first kappa shape index (κ1) is 18.8. The Labute approximate surface area is 176 Å². The number of fused-ring (bicyclic) bond motifs is 1. The fraction of sp³-hybridized carbons (Fsp3) is 0.174. The number of thiophene rings is 1. The Morgan fingerprint density at radius 1 is 1.10 bits per heavy atom. The first-order valence-electron chi connectivity index (χ1n) is 9.76. The van der Waals surface area contributed by atoms with Crippen LogP contribution in [0.25, 0.3) is 21.8 Å². The van der Waals surface area contributed by atoms with Crippen LogP contribution in [0.2, 0.25) is 0 Å². The summed E-state index contributed by atoms with van der Waals surface area (Å²) in [7, 11) is 0. The lowest BCUT2D eigenvalue weighted by Gasteiger charge is -2.27. The van der Waals surface area contributed by atoms with Crippen molar-refractivity contribution in [2.45, 2.75) is 19.5 Å². The van der Waals surface area contributed by atoms with Gasteiger partial charge in [-0.1, -0.05) is 18.2 Å². The maximum atomic E-state index is 14.1. The summed E-state index contributed by atoms with van der Waals surface area (Å²) >= 11 is 1.59. The third-order valence-electron chi connectivity index (χ3n) is 5.28. The summed E-state index contributed by atoms with van der Waals surface area (Å²) in [5, 5.41) is 0. The number of nitrogens with zero attached hydrogens (tertiary/aromatic N) is 3. The van der Waals surface area contributed by atoms with Crippen molar-refractivity contribution in [1.29, 1.82) is 0 Å². The molecule has 5 rings (SSSR count). The summed E-state index contributed by atoms with van der Waals surface area (Å²) in [4.78, 5) is 28.6. The van der Waals surface area contributed by atoms with Crippen LogP contribution in [0, 0.1) is 5.82 Å². The van der Waals surface area contributed by atoms with Crippen LogP contribution in [0.15, 0.2) is 65.7 Å². The highest BCUT2D eigenvalue weighted by molar-refractivity contribution is 7.15. The lowest BCUT2D eigenvalue weighted by molar-refractivity contribution is 0.244. The van der Waals surface area contributed by atoms with Gasteiger partial charge in [0.1, 0.15) is 11.6 Å². The van der Waals surface area contributed by atoms with Crippen LogP contribution in [0.4, 0.5) is 4.39 Å². The molecule has 4 aromatic rings. The topological polar surface area (TPSA) is 61.9 Å². The zero-order valence-corrected chi connectivity index (χ0v) is 17.0. The smallest absolute Gasteiger partial charge is 0.255 e. The Morgan fingerprint density at radius 3 is 2.77 bits per heavy atom. The molecule has 0 amide bonds. The first-order valence-corrected chi connectivity index (χ1v) is 10.6. The molecule has 1 aliphatic heterocycles. The maximum Gasteiger partial charge on any atom is 0.255 e. The second-order valence-corrected chi connectivity index (χ2v) is 8.45. The number of pyridine rings is 1. The summed E-state index contributed by atoms with van der Waals surface area (Å²) in [6.45, 7) is 2.11. The molecule has 0 aliphatic carbocycles. The van der Waals surface area contributed by atoms with E-state index in [0.717, 1.165) is 46.1 Å². The Bertz CT molecular complexity index is 1250. The Hall–Kier alpha value is -3.16. The molecule has 1 aromatic carbocycles. The molecule has 0 unspecified atom stereocenters. The van der Waals surface area contributed by atoms with Gasteiger partial charge in [0.2, 0.25) is 0 Å². The zero-order valence-electron chi connectivity index (χ0n) is 16.1. The fourth-order valence-corrected chi connectivity index (χ4v) is 4.83. The van der Waals surface area contributed by atoms with Gasteiger partial charge in [0.05, 0.1) is 11.3 Å².